The van der Waals surface area contributed by atoms with Crippen LogP contribution in [-0.4, -0.2) is 31.7 Å². The van der Waals surface area contributed by atoms with Gasteiger partial charge in [-0.25, -0.2) is 9.89 Å². The molecule has 1 aliphatic heterocycles. The summed E-state index contributed by atoms with van der Waals surface area (Å²) in [6, 6.07) is 7.10. The molecule has 1 unspecified atom stereocenters. The molecular weight excluding hydrogens is 354 g/mol. The van der Waals surface area contributed by atoms with E-state index in [-0.39, 0.29) is 17.6 Å². The molecule has 7 nitrogen and oxygen atoms in total. The molecule has 2 N–H and O–H groups in total. The highest BCUT2D eigenvalue weighted by Crippen LogP contribution is 2.23. The maximum absolute atomic E-state index is 12.9. The Morgan fingerprint density at radius 1 is 1.35 bits per heavy atom. The van der Waals surface area contributed by atoms with E-state index in [2.05, 4.69) is 20.5 Å². The zero-order valence-corrected chi connectivity index (χ0v) is 15.0. The molecule has 0 saturated heterocycles. The van der Waals surface area contributed by atoms with E-state index in [1.807, 2.05) is 13.0 Å². The summed E-state index contributed by atoms with van der Waals surface area (Å²) in [4.78, 5) is 29.1. The number of carbonyl (C=O) groups excluding carboxylic acids is 1. The fraction of sp³-hybridized carbons (Fsp3) is 0.333. The molecule has 134 valence electrons. The molecule has 1 aliphatic rings. The van der Waals surface area contributed by atoms with Gasteiger partial charge in [0.15, 0.2) is 0 Å². The monoisotopic (exact) mass is 371 g/mol. The number of nitrogens with zero attached hydrogens (tertiary/aromatic N) is 3. The van der Waals surface area contributed by atoms with Gasteiger partial charge in [-0.2, -0.15) is 5.10 Å². The third-order valence-electron chi connectivity index (χ3n) is 4.73. The summed E-state index contributed by atoms with van der Waals surface area (Å²) >= 11 is 6.10. The van der Waals surface area contributed by atoms with Crippen molar-refractivity contribution in [2.75, 3.05) is 0 Å². The smallest absolute Gasteiger partial charge is 0.343 e. The van der Waals surface area contributed by atoms with Crippen LogP contribution in [0, 0.1) is 6.92 Å². The molecule has 8 heteroatoms. The normalized spacial score (nSPS) is 16.9. The number of aromatic nitrogens is 4. The molecule has 0 fully saturated rings. The van der Waals surface area contributed by atoms with Crippen LogP contribution in [0.2, 0.25) is 5.02 Å². The topological polar surface area (TPSA) is 92.7 Å². The Balaban J connectivity index is 1.58. The molecule has 2 aromatic heterocycles. The molecule has 1 amide bonds. The maximum Gasteiger partial charge on any atom is 0.343 e. The average Bonchev–Trinajstić information content (AvgIpc) is 2.84. The van der Waals surface area contributed by atoms with E-state index in [1.54, 1.807) is 22.8 Å². The zero-order valence-electron chi connectivity index (χ0n) is 14.3. The molecule has 3 heterocycles. The second-order valence-corrected chi connectivity index (χ2v) is 7.00. The maximum atomic E-state index is 12.9. The Hall–Kier alpha value is -2.67. The van der Waals surface area contributed by atoms with Crippen molar-refractivity contribution < 1.29 is 4.79 Å². The van der Waals surface area contributed by atoms with Gasteiger partial charge >= 0.3 is 5.69 Å². The van der Waals surface area contributed by atoms with Gasteiger partial charge in [-0.05, 0) is 44.0 Å². The minimum Gasteiger partial charge on any atom is -0.349 e. The van der Waals surface area contributed by atoms with Crippen molar-refractivity contribution in [2.45, 2.75) is 38.8 Å². The molecule has 0 spiro atoms. The van der Waals surface area contributed by atoms with Gasteiger partial charge in [0.05, 0.1) is 11.1 Å². The number of aryl methyl sites for hydroxylation is 2. The lowest BCUT2D eigenvalue weighted by Gasteiger charge is -2.17. The molecule has 0 saturated carbocycles. The van der Waals surface area contributed by atoms with Crippen LogP contribution in [0.3, 0.4) is 0 Å². The largest absolute Gasteiger partial charge is 0.349 e. The number of carbonyl (C=O) groups is 1. The van der Waals surface area contributed by atoms with Gasteiger partial charge in [0.1, 0.15) is 5.82 Å². The first-order valence-corrected chi connectivity index (χ1v) is 8.91. The van der Waals surface area contributed by atoms with Gasteiger partial charge in [-0.1, -0.05) is 11.6 Å². The Morgan fingerprint density at radius 2 is 2.19 bits per heavy atom. The second kappa shape index (κ2) is 6.57. The van der Waals surface area contributed by atoms with Crippen LogP contribution in [0.15, 0.2) is 29.1 Å². The first-order valence-electron chi connectivity index (χ1n) is 8.53. The van der Waals surface area contributed by atoms with Crippen LogP contribution in [0.5, 0.6) is 0 Å². The molecule has 1 atom stereocenters. The number of benzene rings is 1. The lowest BCUT2D eigenvalue weighted by molar-refractivity contribution is 0.0934. The molecule has 3 aromatic rings. The van der Waals surface area contributed by atoms with Gasteiger partial charge in [0.25, 0.3) is 5.91 Å². The van der Waals surface area contributed by atoms with E-state index in [9.17, 15) is 9.59 Å². The number of nitrogens with one attached hydrogen (secondary N) is 2. The van der Waals surface area contributed by atoms with Gasteiger partial charge in [-0.15, -0.1) is 0 Å². The van der Waals surface area contributed by atoms with E-state index in [1.165, 1.54) is 0 Å². The number of pyridine rings is 1. The minimum absolute atomic E-state index is 0.0219. The predicted molar refractivity (Wildman–Crippen MR) is 98.5 cm³/mol. The molecule has 0 bridgehead atoms. The van der Waals surface area contributed by atoms with Crippen molar-refractivity contribution in [1.82, 2.24) is 25.1 Å². The lowest BCUT2D eigenvalue weighted by atomic mass is 10.0. The van der Waals surface area contributed by atoms with Crippen molar-refractivity contribution in [3.63, 3.8) is 0 Å². The van der Waals surface area contributed by atoms with Crippen LogP contribution in [0.1, 0.15) is 34.7 Å². The van der Waals surface area contributed by atoms with E-state index in [4.69, 9.17) is 11.6 Å². The lowest BCUT2D eigenvalue weighted by Crippen LogP contribution is -2.35. The van der Waals surface area contributed by atoms with Gasteiger partial charge in [-0.3, -0.25) is 14.3 Å². The standard InChI is InChI=1S/C18H18ClN5O2/c1-10-8-14(13-9-11(19)2-4-15(13)20-10)17(25)21-12-3-5-16-22-23-18(26)24(16)7-6-12/h2,4,8-9,12H,3,5-7H2,1H3,(H,21,25)(H,23,26). The second-order valence-electron chi connectivity index (χ2n) is 6.57. The Bertz CT molecular complexity index is 1060. The SMILES string of the molecule is Cc1cc(C(=O)NC2CCc3n[nH]c(=O)n3CC2)c2cc(Cl)ccc2n1. The highest BCUT2D eigenvalue weighted by atomic mass is 35.5. The number of aromatic amines is 1. The van der Waals surface area contributed by atoms with E-state index < -0.39 is 0 Å². The van der Waals surface area contributed by atoms with Crippen molar-refractivity contribution in [3.8, 4) is 0 Å². The minimum atomic E-state index is -0.197. The van der Waals surface area contributed by atoms with Crippen molar-refractivity contribution in [3.05, 3.63) is 56.9 Å². The zero-order chi connectivity index (χ0) is 18.3. The van der Waals surface area contributed by atoms with Crippen LogP contribution >= 0.6 is 11.6 Å². The molecular formula is C18H18ClN5O2. The third-order valence-corrected chi connectivity index (χ3v) is 4.97. The number of hydrogen-bond donors (Lipinski definition) is 2. The van der Waals surface area contributed by atoms with Crippen LogP contribution in [0.4, 0.5) is 0 Å². The van der Waals surface area contributed by atoms with Crippen LogP contribution < -0.4 is 11.0 Å². The first kappa shape index (κ1) is 16.8. The summed E-state index contributed by atoms with van der Waals surface area (Å²) in [6.07, 6.45) is 2.06. The van der Waals surface area contributed by atoms with E-state index in [0.29, 0.717) is 30.0 Å². The molecule has 0 radical (unpaired) electrons. The van der Waals surface area contributed by atoms with Gasteiger partial charge in [0.2, 0.25) is 0 Å². The molecule has 26 heavy (non-hydrogen) atoms. The molecule has 0 aliphatic carbocycles. The van der Waals surface area contributed by atoms with Crippen LogP contribution in [-0.2, 0) is 13.0 Å². The van der Waals surface area contributed by atoms with Crippen molar-refractivity contribution in [1.29, 1.82) is 0 Å². The Kier molecular flexibility index (Phi) is 4.24. The number of rotatable bonds is 2. The summed E-state index contributed by atoms with van der Waals surface area (Å²) in [6.45, 7) is 2.40. The summed E-state index contributed by atoms with van der Waals surface area (Å²) in [5.41, 5.74) is 1.89. The van der Waals surface area contributed by atoms with Crippen LogP contribution in [0.25, 0.3) is 10.9 Å². The van der Waals surface area contributed by atoms with Crippen molar-refractivity contribution >= 4 is 28.4 Å². The average molecular weight is 372 g/mol. The quantitative estimate of drug-likeness (QED) is 0.722. The highest BCUT2D eigenvalue weighted by Gasteiger charge is 2.22. The molecule has 4 rings (SSSR count). The summed E-state index contributed by atoms with van der Waals surface area (Å²) in [7, 11) is 0. The Morgan fingerprint density at radius 3 is 3.04 bits per heavy atom. The van der Waals surface area contributed by atoms with Gasteiger partial charge < -0.3 is 5.32 Å². The fourth-order valence-electron chi connectivity index (χ4n) is 3.43. The van der Waals surface area contributed by atoms with Crippen molar-refractivity contribution in [2.24, 2.45) is 0 Å². The van der Waals surface area contributed by atoms with E-state index in [0.717, 1.165) is 28.8 Å². The number of H-pyrrole nitrogens is 1. The van der Waals surface area contributed by atoms with E-state index >= 15 is 0 Å². The van der Waals surface area contributed by atoms with Gasteiger partial charge in [0, 0.05) is 35.1 Å². The summed E-state index contributed by atoms with van der Waals surface area (Å²) in [5, 5.41) is 10.9. The molecule has 1 aromatic carbocycles. The first-order chi connectivity index (χ1) is 12.5. The fourth-order valence-corrected chi connectivity index (χ4v) is 3.60. The number of halogens is 1. The third kappa shape index (κ3) is 3.10. The number of amides is 1. The number of fused-ring (bicyclic) bond motifs is 2. The number of hydrogen-bond acceptors (Lipinski definition) is 4. The summed E-state index contributed by atoms with van der Waals surface area (Å²) < 4.78 is 1.64. The highest BCUT2D eigenvalue weighted by molar-refractivity contribution is 6.31. The Labute approximate surface area is 154 Å². The summed E-state index contributed by atoms with van der Waals surface area (Å²) in [5.74, 6) is 0.588. The predicted octanol–water partition coefficient (Wildman–Crippen LogP) is 2.22.